The third-order valence-corrected chi connectivity index (χ3v) is 5.04. The highest BCUT2D eigenvalue weighted by atomic mass is 16.5. The van der Waals surface area contributed by atoms with Crippen molar-refractivity contribution in [2.75, 3.05) is 7.11 Å². The van der Waals surface area contributed by atoms with Crippen LogP contribution in [0.3, 0.4) is 0 Å². The van der Waals surface area contributed by atoms with E-state index in [0.717, 1.165) is 16.3 Å². The Hall–Kier alpha value is -3.09. The Labute approximate surface area is 168 Å². The Balaban J connectivity index is 1.93. The summed E-state index contributed by atoms with van der Waals surface area (Å²) in [6.45, 7) is 7.61. The van der Waals surface area contributed by atoms with E-state index in [0.29, 0.717) is 23.2 Å². The Morgan fingerprint density at radius 1 is 1.14 bits per heavy atom. The van der Waals surface area contributed by atoms with Crippen molar-refractivity contribution in [1.29, 1.82) is 0 Å². The first kappa shape index (κ1) is 20.6. The lowest BCUT2D eigenvalue weighted by atomic mass is 10.0. The zero-order valence-electron chi connectivity index (χ0n) is 17.3. The molecular weight excluding hydrogens is 374 g/mol. The molecule has 1 aromatic carbocycles. The summed E-state index contributed by atoms with van der Waals surface area (Å²) in [5.74, 6) is -0.754. The van der Waals surface area contributed by atoms with Crippen LogP contribution in [0, 0.1) is 19.8 Å². The van der Waals surface area contributed by atoms with Crippen molar-refractivity contribution in [3.63, 3.8) is 0 Å². The molecule has 0 spiro atoms. The van der Waals surface area contributed by atoms with Crippen molar-refractivity contribution >= 4 is 33.8 Å². The van der Waals surface area contributed by atoms with Gasteiger partial charge in [0.15, 0.2) is 0 Å². The van der Waals surface area contributed by atoms with Gasteiger partial charge in [0.1, 0.15) is 17.2 Å². The van der Waals surface area contributed by atoms with Crippen molar-refractivity contribution in [2.24, 2.45) is 5.92 Å². The Morgan fingerprint density at radius 3 is 2.52 bits per heavy atom. The summed E-state index contributed by atoms with van der Waals surface area (Å²) in [5, 5.41) is 4.35. The quantitative estimate of drug-likeness (QED) is 0.504. The van der Waals surface area contributed by atoms with E-state index in [1.165, 1.54) is 7.11 Å². The van der Waals surface area contributed by atoms with E-state index in [-0.39, 0.29) is 17.9 Å². The molecule has 1 N–H and O–H groups in total. The summed E-state index contributed by atoms with van der Waals surface area (Å²) >= 11 is 0. The van der Waals surface area contributed by atoms with Crippen LogP contribution >= 0.6 is 0 Å². The van der Waals surface area contributed by atoms with Crippen LogP contribution in [-0.2, 0) is 20.7 Å². The maximum Gasteiger partial charge on any atom is 0.340 e. The molecule has 1 atom stereocenters. The minimum atomic E-state index is -0.756. The van der Waals surface area contributed by atoms with Gasteiger partial charge in [-0.25, -0.2) is 9.59 Å². The number of furan rings is 1. The first-order valence-electron chi connectivity index (χ1n) is 9.52. The second kappa shape index (κ2) is 8.11. The van der Waals surface area contributed by atoms with Crippen molar-refractivity contribution in [3.05, 3.63) is 45.5 Å². The van der Waals surface area contributed by atoms with Crippen LogP contribution in [0.5, 0.6) is 0 Å². The monoisotopic (exact) mass is 399 g/mol. The molecule has 0 aliphatic carbocycles. The highest BCUT2D eigenvalue weighted by molar-refractivity contribution is 5.96. The first-order chi connectivity index (χ1) is 13.7. The minimum Gasteiger partial charge on any atom is -0.467 e. The second-order valence-electron chi connectivity index (χ2n) is 7.71. The molecule has 1 amide bonds. The maximum absolute atomic E-state index is 12.6. The van der Waals surface area contributed by atoms with Gasteiger partial charge in [0.25, 0.3) is 0 Å². The van der Waals surface area contributed by atoms with Crippen LogP contribution in [0.2, 0.25) is 0 Å². The number of carbonyl (C=O) groups excluding carboxylic acids is 2. The van der Waals surface area contributed by atoms with E-state index in [1.807, 2.05) is 26.8 Å². The van der Waals surface area contributed by atoms with Gasteiger partial charge in [-0.15, -0.1) is 0 Å². The molecule has 2 aromatic heterocycles. The number of esters is 1. The largest absolute Gasteiger partial charge is 0.467 e. The lowest BCUT2D eigenvalue weighted by Gasteiger charge is -2.18. The van der Waals surface area contributed by atoms with Crippen molar-refractivity contribution < 1.29 is 23.2 Å². The van der Waals surface area contributed by atoms with Gasteiger partial charge in [-0.2, -0.15) is 0 Å². The topological polar surface area (TPSA) is 98.8 Å². The van der Waals surface area contributed by atoms with Crippen LogP contribution < -0.4 is 10.9 Å². The molecule has 0 radical (unpaired) electrons. The highest BCUT2D eigenvalue weighted by Crippen LogP contribution is 2.28. The predicted molar refractivity (Wildman–Crippen MR) is 109 cm³/mol. The molecule has 7 nitrogen and oxygen atoms in total. The first-order valence-corrected chi connectivity index (χ1v) is 9.52. The fourth-order valence-electron chi connectivity index (χ4n) is 3.48. The van der Waals surface area contributed by atoms with E-state index in [4.69, 9.17) is 13.6 Å². The fraction of sp³-hybridized carbons (Fsp3) is 0.409. The van der Waals surface area contributed by atoms with Gasteiger partial charge in [0, 0.05) is 16.8 Å². The number of carbonyl (C=O) groups is 2. The van der Waals surface area contributed by atoms with Gasteiger partial charge in [0.05, 0.1) is 25.4 Å². The molecule has 3 rings (SSSR count). The van der Waals surface area contributed by atoms with E-state index in [1.54, 1.807) is 19.3 Å². The SMILES string of the molecule is COC(=O)[C@@H](CC(C)C)NC(=O)Cc1c(C)c2cc3c(C)coc3cc2oc1=O. The number of fused-ring (bicyclic) bond motifs is 2. The number of nitrogens with one attached hydrogen (secondary N) is 1. The molecule has 0 unspecified atom stereocenters. The number of rotatable bonds is 6. The Morgan fingerprint density at radius 2 is 1.86 bits per heavy atom. The number of hydrogen-bond donors (Lipinski definition) is 1. The van der Waals surface area contributed by atoms with Crippen LogP contribution in [0.25, 0.3) is 21.9 Å². The molecule has 3 aromatic rings. The molecule has 0 aliphatic rings. The third-order valence-electron chi connectivity index (χ3n) is 5.04. The van der Waals surface area contributed by atoms with E-state index < -0.39 is 23.5 Å². The zero-order chi connectivity index (χ0) is 21.3. The molecule has 154 valence electrons. The van der Waals surface area contributed by atoms with Crippen molar-refractivity contribution in [1.82, 2.24) is 5.32 Å². The maximum atomic E-state index is 12.6. The minimum absolute atomic E-state index is 0.182. The van der Waals surface area contributed by atoms with Crippen LogP contribution in [-0.4, -0.2) is 25.0 Å². The number of methoxy groups -OCH3 is 1. The molecular formula is C22H25NO6. The highest BCUT2D eigenvalue weighted by Gasteiger charge is 2.24. The average molecular weight is 399 g/mol. The van der Waals surface area contributed by atoms with Gasteiger partial charge in [-0.05, 0) is 43.4 Å². The van der Waals surface area contributed by atoms with Gasteiger partial charge in [-0.1, -0.05) is 13.8 Å². The molecule has 0 saturated heterocycles. The summed E-state index contributed by atoms with van der Waals surface area (Å²) < 4.78 is 15.7. The zero-order valence-corrected chi connectivity index (χ0v) is 17.3. The molecule has 0 bridgehead atoms. The van der Waals surface area contributed by atoms with Gasteiger partial charge >= 0.3 is 11.6 Å². The summed E-state index contributed by atoms with van der Waals surface area (Å²) in [4.78, 5) is 37.0. The standard InChI is InChI=1S/C22H25NO6/c1-11(2)6-17(22(26)27-5)23-20(24)8-16-13(4)15-7-14-12(3)10-28-18(14)9-19(15)29-21(16)25/h7,9-11,17H,6,8H2,1-5H3,(H,23,24)/t17-/m1/s1. The molecule has 7 heteroatoms. The summed E-state index contributed by atoms with van der Waals surface area (Å²) in [7, 11) is 1.28. The third kappa shape index (κ3) is 4.18. The van der Waals surface area contributed by atoms with Crippen LogP contribution in [0.4, 0.5) is 0 Å². The van der Waals surface area contributed by atoms with Gasteiger partial charge < -0.3 is 18.9 Å². The number of ether oxygens (including phenoxy) is 1. The molecule has 29 heavy (non-hydrogen) atoms. The summed E-state index contributed by atoms with van der Waals surface area (Å²) in [6.07, 6.45) is 1.91. The summed E-state index contributed by atoms with van der Waals surface area (Å²) in [6, 6.07) is 2.83. The normalized spacial score (nSPS) is 12.5. The van der Waals surface area contributed by atoms with Crippen LogP contribution in [0.1, 0.15) is 37.0 Å². The van der Waals surface area contributed by atoms with E-state index >= 15 is 0 Å². The predicted octanol–water partition coefficient (Wildman–Crippen LogP) is 3.40. The number of hydrogen-bond acceptors (Lipinski definition) is 6. The van der Waals surface area contributed by atoms with Crippen LogP contribution in [0.15, 0.2) is 32.0 Å². The van der Waals surface area contributed by atoms with Crippen molar-refractivity contribution in [2.45, 2.75) is 46.6 Å². The Bertz CT molecular complexity index is 1140. The van der Waals surface area contributed by atoms with Crippen molar-refractivity contribution in [3.8, 4) is 0 Å². The smallest absolute Gasteiger partial charge is 0.340 e. The molecule has 0 fully saturated rings. The molecule has 0 saturated carbocycles. The Kier molecular flexibility index (Phi) is 5.77. The molecule has 2 heterocycles. The second-order valence-corrected chi connectivity index (χ2v) is 7.71. The van der Waals surface area contributed by atoms with Gasteiger partial charge in [0.2, 0.25) is 5.91 Å². The molecule has 0 aliphatic heterocycles. The van der Waals surface area contributed by atoms with Gasteiger partial charge in [-0.3, -0.25) is 4.79 Å². The van der Waals surface area contributed by atoms with E-state index in [2.05, 4.69) is 5.32 Å². The lowest BCUT2D eigenvalue weighted by molar-refractivity contribution is -0.145. The lowest BCUT2D eigenvalue weighted by Crippen LogP contribution is -2.43. The fourth-order valence-corrected chi connectivity index (χ4v) is 3.48. The van der Waals surface area contributed by atoms with E-state index in [9.17, 15) is 14.4 Å². The number of amides is 1. The number of benzene rings is 1. The summed E-state index contributed by atoms with van der Waals surface area (Å²) in [5.41, 5.74) is 2.38. The average Bonchev–Trinajstić information content (AvgIpc) is 3.02. The number of aryl methyl sites for hydroxylation is 2.